The van der Waals surface area contributed by atoms with E-state index in [-0.39, 0.29) is 35.2 Å². The van der Waals surface area contributed by atoms with E-state index in [9.17, 15) is 15.0 Å². The van der Waals surface area contributed by atoms with Crippen molar-refractivity contribution in [2.24, 2.45) is 0 Å². The minimum atomic E-state index is -0.251. The lowest BCUT2D eigenvalue weighted by Crippen LogP contribution is -2.09. The minimum Gasteiger partial charge on any atom is -0.508 e. The Morgan fingerprint density at radius 2 is 1.35 bits per heavy atom. The normalized spacial score (nSPS) is 11.9. The summed E-state index contributed by atoms with van der Waals surface area (Å²) in [5, 5.41) is 20.5. The van der Waals surface area contributed by atoms with Gasteiger partial charge in [-0.3, -0.25) is 4.79 Å². The lowest BCUT2D eigenvalue weighted by molar-refractivity contribution is 0.0975. The predicted molar refractivity (Wildman–Crippen MR) is 103 cm³/mol. The lowest BCUT2D eigenvalue weighted by atomic mass is 9.85. The Labute approximate surface area is 161 Å². The summed E-state index contributed by atoms with van der Waals surface area (Å²) in [6, 6.07) is 18.4. The zero-order valence-electron chi connectivity index (χ0n) is 13.7. The SMILES string of the molecule is O=C(CC(c1ccc(O)cc1)c1ccc(Cl)cc1)c1cc(Cl)ccc1O. The topological polar surface area (TPSA) is 57.5 Å². The molecule has 0 aliphatic rings. The molecule has 0 saturated heterocycles. The summed E-state index contributed by atoms with van der Waals surface area (Å²) >= 11 is 11.9. The van der Waals surface area contributed by atoms with Gasteiger partial charge in [0, 0.05) is 22.4 Å². The first-order chi connectivity index (χ1) is 12.4. The highest BCUT2D eigenvalue weighted by molar-refractivity contribution is 6.31. The molecule has 26 heavy (non-hydrogen) atoms. The van der Waals surface area contributed by atoms with Crippen LogP contribution in [0.4, 0.5) is 0 Å². The van der Waals surface area contributed by atoms with Crippen LogP contribution in [0.1, 0.15) is 33.8 Å². The van der Waals surface area contributed by atoms with Gasteiger partial charge < -0.3 is 10.2 Å². The summed E-state index contributed by atoms with van der Waals surface area (Å²) in [5.74, 6) is -0.417. The molecule has 132 valence electrons. The molecule has 5 heteroatoms. The van der Waals surface area contributed by atoms with Crippen LogP contribution >= 0.6 is 23.2 Å². The Morgan fingerprint density at radius 1 is 0.808 bits per heavy atom. The molecule has 0 bridgehead atoms. The van der Waals surface area contributed by atoms with Gasteiger partial charge in [0.25, 0.3) is 0 Å². The number of benzene rings is 3. The quantitative estimate of drug-likeness (QED) is 0.543. The number of carbonyl (C=O) groups excluding carboxylic acids is 1. The maximum absolute atomic E-state index is 12.8. The van der Waals surface area contributed by atoms with Crippen molar-refractivity contribution in [1.29, 1.82) is 0 Å². The third-order valence-corrected chi connectivity index (χ3v) is 4.70. The average molecular weight is 387 g/mol. The number of hydrogen-bond donors (Lipinski definition) is 2. The van der Waals surface area contributed by atoms with Gasteiger partial charge in [0.05, 0.1) is 5.56 Å². The molecule has 3 aromatic carbocycles. The fourth-order valence-electron chi connectivity index (χ4n) is 2.86. The number of phenolic OH excluding ortho intramolecular Hbond substituents is 2. The highest BCUT2D eigenvalue weighted by atomic mass is 35.5. The summed E-state index contributed by atoms with van der Waals surface area (Å²) in [5.41, 5.74) is 1.98. The molecule has 0 saturated carbocycles. The Balaban J connectivity index is 1.97. The van der Waals surface area contributed by atoms with Crippen LogP contribution in [0, 0.1) is 0 Å². The predicted octanol–water partition coefficient (Wildman–Crippen LogP) is 5.81. The molecule has 1 atom stereocenters. The molecule has 0 heterocycles. The standard InChI is InChI=1S/C21H16Cl2O3/c22-15-5-1-13(2-6-15)18(14-3-8-17(24)9-4-14)12-21(26)19-11-16(23)7-10-20(19)25/h1-11,18,24-25H,12H2. The third kappa shape index (κ3) is 4.18. The number of ketones is 1. The number of halogens is 2. The Hall–Kier alpha value is -2.49. The van der Waals surface area contributed by atoms with Crippen molar-refractivity contribution in [3.8, 4) is 11.5 Å². The van der Waals surface area contributed by atoms with Crippen molar-refractivity contribution < 1.29 is 15.0 Å². The third-order valence-electron chi connectivity index (χ3n) is 4.22. The van der Waals surface area contributed by atoms with Crippen LogP contribution in [-0.2, 0) is 0 Å². The highest BCUT2D eigenvalue weighted by Gasteiger charge is 2.21. The molecule has 0 amide bonds. The summed E-state index contributed by atoms with van der Waals surface area (Å²) in [7, 11) is 0. The number of rotatable bonds is 5. The molecule has 3 aromatic rings. The molecule has 0 radical (unpaired) electrons. The van der Waals surface area contributed by atoms with E-state index in [1.165, 1.54) is 18.2 Å². The van der Waals surface area contributed by atoms with Gasteiger partial charge in [-0.15, -0.1) is 0 Å². The first-order valence-electron chi connectivity index (χ1n) is 8.00. The Kier molecular flexibility index (Phi) is 5.50. The van der Waals surface area contributed by atoms with E-state index in [1.807, 2.05) is 12.1 Å². The van der Waals surface area contributed by atoms with E-state index >= 15 is 0 Å². The molecule has 0 aliphatic heterocycles. The molecule has 3 rings (SSSR count). The van der Waals surface area contributed by atoms with Gasteiger partial charge in [-0.1, -0.05) is 47.5 Å². The van der Waals surface area contributed by atoms with E-state index < -0.39 is 0 Å². The van der Waals surface area contributed by atoms with Gasteiger partial charge in [-0.25, -0.2) is 0 Å². The van der Waals surface area contributed by atoms with Crippen LogP contribution in [0.5, 0.6) is 11.5 Å². The summed E-state index contributed by atoms with van der Waals surface area (Å²) in [4.78, 5) is 12.8. The van der Waals surface area contributed by atoms with Crippen molar-refractivity contribution in [3.63, 3.8) is 0 Å². The molecular weight excluding hydrogens is 371 g/mol. The van der Waals surface area contributed by atoms with Crippen molar-refractivity contribution in [1.82, 2.24) is 0 Å². The van der Waals surface area contributed by atoms with Crippen molar-refractivity contribution in [2.45, 2.75) is 12.3 Å². The molecule has 0 fully saturated rings. The van der Waals surface area contributed by atoms with E-state index in [0.29, 0.717) is 10.0 Å². The van der Waals surface area contributed by atoms with Crippen molar-refractivity contribution in [3.05, 3.63) is 93.5 Å². The molecule has 0 spiro atoms. The second-order valence-corrected chi connectivity index (χ2v) is 6.86. The second-order valence-electron chi connectivity index (χ2n) is 5.98. The van der Waals surface area contributed by atoms with Crippen LogP contribution < -0.4 is 0 Å². The van der Waals surface area contributed by atoms with Gasteiger partial charge in [-0.2, -0.15) is 0 Å². The molecule has 3 nitrogen and oxygen atoms in total. The van der Waals surface area contributed by atoms with Gasteiger partial charge in [-0.05, 0) is 53.6 Å². The second kappa shape index (κ2) is 7.81. The smallest absolute Gasteiger partial charge is 0.167 e. The first-order valence-corrected chi connectivity index (χ1v) is 8.76. The van der Waals surface area contributed by atoms with Crippen LogP contribution in [0.2, 0.25) is 10.0 Å². The zero-order chi connectivity index (χ0) is 18.7. The van der Waals surface area contributed by atoms with Crippen LogP contribution in [0.15, 0.2) is 66.7 Å². The Morgan fingerprint density at radius 3 is 1.96 bits per heavy atom. The van der Waals surface area contributed by atoms with Crippen LogP contribution in [0.25, 0.3) is 0 Å². The number of carbonyl (C=O) groups is 1. The molecule has 0 aliphatic carbocycles. The molecule has 2 N–H and O–H groups in total. The maximum atomic E-state index is 12.8. The van der Waals surface area contributed by atoms with Gasteiger partial charge in [0.2, 0.25) is 0 Å². The largest absolute Gasteiger partial charge is 0.508 e. The number of phenols is 2. The summed E-state index contributed by atoms with van der Waals surface area (Å²) in [6.45, 7) is 0. The Bertz CT molecular complexity index is 873. The van der Waals surface area contributed by atoms with Crippen LogP contribution in [0.3, 0.4) is 0 Å². The number of Topliss-reactive ketones (excluding diaryl/α,β-unsaturated/α-hetero) is 1. The lowest BCUT2D eigenvalue weighted by Gasteiger charge is -2.18. The fraction of sp³-hybridized carbons (Fsp3) is 0.0952. The molecule has 1 unspecified atom stereocenters. The van der Waals surface area contributed by atoms with Crippen molar-refractivity contribution >= 4 is 29.0 Å². The monoisotopic (exact) mass is 386 g/mol. The first kappa shape index (κ1) is 18.3. The molecule has 0 aromatic heterocycles. The zero-order valence-corrected chi connectivity index (χ0v) is 15.2. The van der Waals surface area contributed by atoms with Gasteiger partial charge in [0.1, 0.15) is 11.5 Å². The summed E-state index contributed by atoms with van der Waals surface area (Å²) in [6.07, 6.45) is 0.139. The van der Waals surface area contributed by atoms with E-state index in [1.54, 1.807) is 36.4 Å². The van der Waals surface area contributed by atoms with E-state index in [4.69, 9.17) is 23.2 Å². The highest BCUT2D eigenvalue weighted by Crippen LogP contribution is 2.33. The maximum Gasteiger partial charge on any atom is 0.167 e. The summed E-state index contributed by atoms with van der Waals surface area (Å²) < 4.78 is 0. The van der Waals surface area contributed by atoms with E-state index in [2.05, 4.69) is 0 Å². The number of aromatic hydroxyl groups is 2. The van der Waals surface area contributed by atoms with Crippen LogP contribution in [-0.4, -0.2) is 16.0 Å². The van der Waals surface area contributed by atoms with E-state index in [0.717, 1.165) is 11.1 Å². The average Bonchev–Trinajstić information content (AvgIpc) is 2.63. The minimum absolute atomic E-state index is 0.0973. The number of hydrogen-bond acceptors (Lipinski definition) is 3. The van der Waals surface area contributed by atoms with Gasteiger partial charge >= 0.3 is 0 Å². The van der Waals surface area contributed by atoms with Crippen molar-refractivity contribution in [2.75, 3.05) is 0 Å². The molecular formula is C21H16Cl2O3. The fourth-order valence-corrected chi connectivity index (χ4v) is 3.15. The van der Waals surface area contributed by atoms with Gasteiger partial charge in [0.15, 0.2) is 5.78 Å².